The zero-order valence-corrected chi connectivity index (χ0v) is 6.85. The van der Waals surface area contributed by atoms with Crippen molar-refractivity contribution in [3.63, 3.8) is 0 Å². The van der Waals surface area contributed by atoms with Crippen molar-refractivity contribution in [2.75, 3.05) is 6.54 Å². The van der Waals surface area contributed by atoms with Crippen molar-refractivity contribution in [1.82, 2.24) is 4.90 Å². The summed E-state index contributed by atoms with van der Waals surface area (Å²) in [4.78, 5) is 11.4. The summed E-state index contributed by atoms with van der Waals surface area (Å²) in [6.07, 6.45) is -4.70. The fraction of sp³-hybridized carbons (Fsp3) is 0.857. The van der Waals surface area contributed by atoms with Crippen LogP contribution in [0.3, 0.4) is 0 Å². The summed E-state index contributed by atoms with van der Waals surface area (Å²) in [6, 6.07) is -0.209. The Morgan fingerprint density at radius 3 is 2.25 bits per heavy atom. The fourth-order valence-corrected chi connectivity index (χ4v) is 1.12. The molecule has 1 aliphatic rings. The molecule has 70 valence electrons. The smallest absolute Gasteiger partial charge is 0.328 e. The number of carbonyl (C=O) groups excluding carboxylic acids is 1. The first kappa shape index (κ1) is 9.35. The normalized spacial score (nSPS) is 23.2. The van der Waals surface area contributed by atoms with Crippen LogP contribution in [0.4, 0.5) is 13.2 Å². The van der Waals surface area contributed by atoms with Gasteiger partial charge in [0.25, 0.3) is 0 Å². The third-order valence-corrected chi connectivity index (χ3v) is 1.92. The van der Waals surface area contributed by atoms with E-state index in [4.69, 9.17) is 0 Å². The summed E-state index contributed by atoms with van der Waals surface area (Å²) in [5, 5.41) is 0. The van der Waals surface area contributed by atoms with Crippen LogP contribution in [-0.2, 0) is 4.79 Å². The number of hydrogen-bond acceptors (Lipinski definition) is 1. The average Bonchev–Trinajstić information content (AvgIpc) is 2.61. The Morgan fingerprint density at radius 2 is 2.00 bits per heavy atom. The van der Waals surface area contributed by atoms with Gasteiger partial charge < -0.3 is 4.90 Å². The summed E-state index contributed by atoms with van der Waals surface area (Å²) < 4.78 is 35.4. The molecule has 1 atom stereocenters. The highest BCUT2D eigenvalue weighted by Crippen LogP contribution is 2.30. The van der Waals surface area contributed by atoms with E-state index < -0.39 is 12.1 Å². The second kappa shape index (κ2) is 2.64. The lowest BCUT2D eigenvalue weighted by Crippen LogP contribution is -2.31. The average molecular weight is 181 g/mol. The molecule has 12 heavy (non-hydrogen) atoms. The van der Waals surface area contributed by atoms with E-state index in [1.165, 1.54) is 0 Å². The maximum Gasteiger partial charge on any atom is 0.471 e. The Labute approximate surface area is 68.3 Å². The Kier molecular flexibility index (Phi) is 2.06. The lowest BCUT2D eigenvalue weighted by Gasteiger charge is -2.08. The van der Waals surface area contributed by atoms with E-state index in [0.717, 1.165) is 4.90 Å². The highest BCUT2D eigenvalue weighted by molar-refractivity contribution is 5.84. The van der Waals surface area contributed by atoms with E-state index in [-0.39, 0.29) is 18.5 Å². The molecule has 0 bridgehead atoms. The van der Waals surface area contributed by atoms with Crippen molar-refractivity contribution >= 4 is 5.91 Å². The van der Waals surface area contributed by atoms with Gasteiger partial charge in [-0.05, 0) is 5.92 Å². The van der Waals surface area contributed by atoms with Crippen LogP contribution >= 0.6 is 0 Å². The minimum Gasteiger partial charge on any atom is -0.328 e. The highest BCUT2D eigenvalue weighted by Gasteiger charge is 2.52. The summed E-state index contributed by atoms with van der Waals surface area (Å²) in [5.41, 5.74) is 0. The maximum absolute atomic E-state index is 11.8. The molecule has 1 rings (SSSR count). The zero-order valence-electron chi connectivity index (χ0n) is 6.85. The quantitative estimate of drug-likeness (QED) is 0.560. The number of carbonyl (C=O) groups is 1. The molecule has 5 heteroatoms. The molecule has 1 saturated heterocycles. The van der Waals surface area contributed by atoms with Gasteiger partial charge in [0.15, 0.2) is 0 Å². The van der Waals surface area contributed by atoms with Crippen molar-refractivity contribution in [3.8, 4) is 0 Å². The molecule has 0 aromatic carbocycles. The van der Waals surface area contributed by atoms with Crippen molar-refractivity contribution in [2.45, 2.75) is 26.1 Å². The molecular formula is C7H10F3NO. The predicted octanol–water partition coefficient (Wildman–Crippen LogP) is 1.42. The molecule has 0 aliphatic carbocycles. The first-order valence-corrected chi connectivity index (χ1v) is 3.72. The lowest BCUT2D eigenvalue weighted by molar-refractivity contribution is -0.180. The van der Waals surface area contributed by atoms with Crippen molar-refractivity contribution in [3.05, 3.63) is 0 Å². The Hall–Kier alpha value is -0.740. The molecule has 0 aromatic heterocycles. The first-order valence-electron chi connectivity index (χ1n) is 3.72. The monoisotopic (exact) mass is 181 g/mol. The minimum atomic E-state index is -4.70. The number of amides is 1. The van der Waals surface area contributed by atoms with Crippen LogP contribution in [0.15, 0.2) is 0 Å². The molecule has 1 aliphatic heterocycles. The predicted molar refractivity (Wildman–Crippen MR) is 36.4 cm³/mol. The number of alkyl halides is 3. The van der Waals surface area contributed by atoms with Crippen LogP contribution in [0.5, 0.6) is 0 Å². The van der Waals surface area contributed by atoms with Crippen LogP contribution in [0.1, 0.15) is 13.8 Å². The van der Waals surface area contributed by atoms with E-state index in [0.29, 0.717) is 0 Å². The first-order chi connectivity index (χ1) is 5.34. The summed E-state index contributed by atoms with van der Waals surface area (Å²) in [5.74, 6) is -1.60. The number of nitrogens with zero attached hydrogens (tertiary/aromatic N) is 1. The molecule has 0 saturated carbocycles. The Bertz CT molecular complexity index is 199. The second-order valence-corrected chi connectivity index (χ2v) is 3.27. The van der Waals surface area contributed by atoms with Crippen LogP contribution in [0.25, 0.3) is 0 Å². The zero-order chi connectivity index (χ0) is 9.52. The van der Waals surface area contributed by atoms with E-state index in [1.807, 2.05) is 0 Å². The number of halogens is 3. The van der Waals surface area contributed by atoms with Crippen LogP contribution < -0.4 is 0 Å². The van der Waals surface area contributed by atoms with Gasteiger partial charge in [-0.1, -0.05) is 13.8 Å². The molecule has 0 unspecified atom stereocenters. The van der Waals surface area contributed by atoms with E-state index in [2.05, 4.69) is 0 Å². The molecule has 1 fully saturated rings. The second-order valence-electron chi connectivity index (χ2n) is 3.27. The molecule has 0 radical (unpaired) electrons. The SMILES string of the molecule is CC(C)[C@H]1CN1C(=O)C(F)(F)F. The summed E-state index contributed by atoms with van der Waals surface area (Å²) in [7, 11) is 0. The van der Waals surface area contributed by atoms with Crippen LogP contribution in [-0.4, -0.2) is 29.6 Å². The van der Waals surface area contributed by atoms with Gasteiger partial charge in [-0.25, -0.2) is 0 Å². The molecular weight excluding hydrogens is 171 g/mol. The number of hydrogen-bond donors (Lipinski definition) is 0. The standard InChI is InChI=1S/C7H10F3NO/c1-4(2)5-3-11(5)6(12)7(8,9)10/h4-5H,3H2,1-2H3/t5-,11?/m1/s1. The van der Waals surface area contributed by atoms with Crippen molar-refractivity contribution in [2.24, 2.45) is 5.92 Å². The molecule has 2 nitrogen and oxygen atoms in total. The largest absolute Gasteiger partial charge is 0.471 e. The van der Waals surface area contributed by atoms with E-state index >= 15 is 0 Å². The van der Waals surface area contributed by atoms with Crippen molar-refractivity contribution in [1.29, 1.82) is 0 Å². The molecule has 0 aromatic rings. The summed E-state index contributed by atoms with van der Waals surface area (Å²) >= 11 is 0. The van der Waals surface area contributed by atoms with Crippen LogP contribution in [0.2, 0.25) is 0 Å². The van der Waals surface area contributed by atoms with Crippen molar-refractivity contribution < 1.29 is 18.0 Å². The Morgan fingerprint density at radius 1 is 1.50 bits per heavy atom. The molecule has 1 amide bonds. The van der Waals surface area contributed by atoms with Gasteiger partial charge in [0.05, 0.1) is 6.04 Å². The van der Waals surface area contributed by atoms with Gasteiger partial charge in [0.1, 0.15) is 0 Å². The van der Waals surface area contributed by atoms with Crippen LogP contribution in [0, 0.1) is 5.92 Å². The molecule has 1 heterocycles. The van der Waals surface area contributed by atoms with Gasteiger partial charge in [-0.15, -0.1) is 0 Å². The van der Waals surface area contributed by atoms with Gasteiger partial charge in [-0.2, -0.15) is 13.2 Å². The third kappa shape index (κ3) is 1.70. The van der Waals surface area contributed by atoms with Gasteiger partial charge >= 0.3 is 12.1 Å². The number of rotatable bonds is 1. The molecule has 0 N–H and O–H groups in total. The van der Waals surface area contributed by atoms with Gasteiger partial charge in [0.2, 0.25) is 0 Å². The minimum absolute atomic E-state index is 0.108. The Balaban J connectivity index is 2.49. The van der Waals surface area contributed by atoms with E-state index in [9.17, 15) is 18.0 Å². The third-order valence-electron chi connectivity index (χ3n) is 1.92. The lowest BCUT2D eigenvalue weighted by atomic mass is 10.1. The van der Waals surface area contributed by atoms with Gasteiger partial charge in [-0.3, -0.25) is 4.79 Å². The maximum atomic E-state index is 11.8. The van der Waals surface area contributed by atoms with Gasteiger partial charge in [0, 0.05) is 6.54 Å². The highest BCUT2D eigenvalue weighted by atomic mass is 19.4. The summed E-state index contributed by atoms with van der Waals surface area (Å²) in [6.45, 7) is 3.85. The molecule has 0 spiro atoms. The van der Waals surface area contributed by atoms with E-state index in [1.54, 1.807) is 13.8 Å². The topological polar surface area (TPSA) is 20.1 Å². The fourth-order valence-electron chi connectivity index (χ4n) is 1.12.